The number of carbonyl (C=O) groups excluding carboxylic acids is 1. The average molecular weight is 319 g/mol. The number of pyridine rings is 1. The molecule has 0 atom stereocenters. The van der Waals surface area contributed by atoms with Gasteiger partial charge in [-0.1, -0.05) is 41.4 Å². The van der Waals surface area contributed by atoms with E-state index in [-0.39, 0.29) is 17.7 Å². The van der Waals surface area contributed by atoms with Crippen LogP contribution in [0.2, 0.25) is 10.2 Å². The molecule has 0 bridgehead atoms. The van der Waals surface area contributed by atoms with Crippen molar-refractivity contribution in [3.05, 3.63) is 57.3 Å². The predicted molar refractivity (Wildman–Crippen MR) is 80.9 cm³/mol. The number of para-hydroxylation sites is 1. The first kappa shape index (κ1) is 12.7. The Balaban J connectivity index is 1.98. The monoisotopic (exact) mass is 318 g/mol. The van der Waals surface area contributed by atoms with E-state index < -0.39 is 0 Å². The molecule has 3 heterocycles. The number of nitrogens with zero attached hydrogens (tertiary/aromatic N) is 1. The number of fused-ring (bicyclic) bond motifs is 2. The van der Waals surface area contributed by atoms with Crippen molar-refractivity contribution in [3.63, 3.8) is 0 Å². The summed E-state index contributed by atoms with van der Waals surface area (Å²) in [5.41, 5.74) is 3.57. The molecule has 21 heavy (non-hydrogen) atoms. The lowest BCUT2D eigenvalue weighted by Crippen LogP contribution is -2.05. The van der Waals surface area contributed by atoms with E-state index in [2.05, 4.69) is 10.3 Å². The van der Waals surface area contributed by atoms with Crippen LogP contribution in [0, 0.1) is 0 Å². The summed E-state index contributed by atoms with van der Waals surface area (Å²) >= 11 is 12.1. The molecule has 2 aromatic rings. The number of hydrogen-bond acceptors (Lipinski definition) is 3. The molecule has 1 N–H and O–H groups in total. The number of ether oxygens (including phenoxy) is 1. The molecule has 0 unspecified atom stereocenters. The van der Waals surface area contributed by atoms with E-state index in [1.807, 2.05) is 24.3 Å². The second kappa shape index (κ2) is 4.48. The molecule has 2 aliphatic heterocycles. The quantitative estimate of drug-likeness (QED) is 0.594. The summed E-state index contributed by atoms with van der Waals surface area (Å²) in [5.74, 6) is 0.309. The van der Waals surface area contributed by atoms with E-state index in [9.17, 15) is 4.79 Å². The van der Waals surface area contributed by atoms with E-state index in [1.54, 1.807) is 6.20 Å². The largest absolute Gasteiger partial charge is 0.487 e. The third kappa shape index (κ3) is 1.76. The van der Waals surface area contributed by atoms with Crippen molar-refractivity contribution >= 4 is 46.1 Å². The normalized spacial score (nSPS) is 19.0. The molecule has 2 aliphatic rings. The highest BCUT2D eigenvalue weighted by molar-refractivity contribution is 6.42. The van der Waals surface area contributed by atoms with Crippen molar-refractivity contribution in [1.29, 1.82) is 0 Å². The fourth-order valence-electron chi connectivity index (χ4n) is 2.61. The second-order valence-corrected chi connectivity index (χ2v) is 5.48. The minimum atomic E-state index is -0.190. The lowest BCUT2D eigenvalue weighted by molar-refractivity contribution is -0.110. The van der Waals surface area contributed by atoms with Crippen LogP contribution < -0.4 is 5.32 Å². The van der Waals surface area contributed by atoms with Crippen LogP contribution >= 0.6 is 23.2 Å². The van der Waals surface area contributed by atoms with E-state index in [0.29, 0.717) is 21.9 Å². The molecular weight excluding hydrogens is 311 g/mol. The highest BCUT2D eigenvalue weighted by Crippen LogP contribution is 2.43. The molecule has 4 nitrogen and oxygen atoms in total. The molecule has 0 saturated carbocycles. The number of aromatic nitrogens is 1. The van der Waals surface area contributed by atoms with E-state index in [1.165, 1.54) is 0 Å². The van der Waals surface area contributed by atoms with Crippen LogP contribution in [-0.2, 0) is 16.1 Å². The maximum Gasteiger partial charge on any atom is 0.260 e. The van der Waals surface area contributed by atoms with Gasteiger partial charge in [-0.15, -0.1) is 0 Å². The first-order valence-electron chi connectivity index (χ1n) is 6.28. The van der Waals surface area contributed by atoms with Gasteiger partial charge in [0.05, 0.1) is 10.6 Å². The maximum atomic E-state index is 12.3. The van der Waals surface area contributed by atoms with E-state index in [4.69, 9.17) is 27.9 Å². The van der Waals surface area contributed by atoms with Gasteiger partial charge in [-0.05, 0) is 6.07 Å². The zero-order valence-corrected chi connectivity index (χ0v) is 12.1. The SMILES string of the molecule is O=C1Nc2ccccc2/C1=C1\OCc2c1cnc(Cl)c2Cl. The summed E-state index contributed by atoms with van der Waals surface area (Å²) in [4.78, 5) is 16.3. The van der Waals surface area contributed by atoms with Crippen LogP contribution in [-0.4, -0.2) is 10.9 Å². The second-order valence-electron chi connectivity index (χ2n) is 4.75. The highest BCUT2D eigenvalue weighted by atomic mass is 35.5. The van der Waals surface area contributed by atoms with Crippen molar-refractivity contribution in [1.82, 2.24) is 4.98 Å². The maximum absolute atomic E-state index is 12.3. The number of hydrogen-bond donors (Lipinski definition) is 1. The Labute approximate surface area is 130 Å². The number of amides is 1. The van der Waals surface area contributed by atoms with Gasteiger partial charge in [-0.3, -0.25) is 4.79 Å². The molecule has 1 aromatic carbocycles. The molecule has 4 rings (SSSR count). The third-order valence-electron chi connectivity index (χ3n) is 3.58. The summed E-state index contributed by atoms with van der Waals surface area (Å²) in [6.07, 6.45) is 1.59. The first-order chi connectivity index (χ1) is 10.2. The minimum Gasteiger partial charge on any atom is -0.487 e. The Morgan fingerprint density at radius 1 is 1.19 bits per heavy atom. The average Bonchev–Trinajstić information content (AvgIpc) is 3.03. The van der Waals surface area contributed by atoms with Gasteiger partial charge in [-0.25, -0.2) is 4.98 Å². The molecular formula is C15H8Cl2N2O2. The van der Waals surface area contributed by atoms with Gasteiger partial charge in [-0.2, -0.15) is 0 Å². The van der Waals surface area contributed by atoms with Crippen molar-refractivity contribution in [2.24, 2.45) is 0 Å². The van der Waals surface area contributed by atoms with Crippen LogP contribution in [0.5, 0.6) is 0 Å². The number of anilines is 1. The van der Waals surface area contributed by atoms with E-state index in [0.717, 1.165) is 16.8 Å². The summed E-state index contributed by atoms with van der Waals surface area (Å²) in [5, 5.41) is 3.43. The minimum absolute atomic E-state index is 0.190. The van der Waals surface area contributed by atoms with Crippen molar-refractivity contribution in [2.75, 3.05) is 5.32 Å². The van der Waals surface area contributed by atoms with Gasteiger partial charge in [0.15, 0.2) is 0 Å². The summed E-state index contributed by atoms with van der Waals surface area (Å²) in [7, 11) is 0. The zero-order valence-electron chi connectivity index (χ0n) is 10.6. The number of halogens is 2. The van der Waals surface area contributed by atoms with Gasteiger partial charge < -0.3 is 10.1 Å². The van der Waals surface area contributed by atoms with Crippen LogP contribution in [0.15, 0.2) is 30.5 Å². The Bertz CT molecular complexity index is 830. The smallest absolute Gasteiger partial charge is 0.260 e. The van der Waals surface area contributed by atoms with Crippen LogP contribution in [0.1, 0.15) is 16.7 Å². The Morgan fingerprint density at radius 3 is 2.86 bits per heavy atom. The fraction of sp³-hybridized carbons (Fsp3) is 0.0667. The summed E-state index contributed by atoms with van der Waals surface area (Å²) < 4.78 is 5.71. The molecule has 6 heteroatoms. The van der Waals surface area contributed by atoms with Crippen LogP contribution in [0.25, 0.3) is 11.3 Å². The van der Waals surface area contributed by atoms with Crippen molar-refractivity contribution < 1.29 is 9.53 Å². The lowest BCUT2D eigenvalue weighted by Gasteiger charge is -2.04. The lowest BCUT2D eigenvalue weighted by atomic mass is 10.0. The Hall–Kier alpha value is -2.04. The topological polar surface area (TPSA) is 51.2 Å². The van der Waals surface area contributed by atoms with Gasteiger partial charge in [0.2, 0.25) is 0 Å². The number of nitrogens with one attached hydrogen (secondary N) is 1. The third-order valence-corrected chi connectivity index (χ3v) is 4.37. The number of benzene rings is 1. The molecule has 0 aliphatic carbocycles. The van der Waals surface area contributed by atoms with Gasteiger partial charge in [0, 0.05) is 28.6 Å². The zero-order chi connectivity index (χ0) is 14.6. The van der Waals surface area contributed by atoms with Crippen molar-refractivity contribution in [3.8, 4) is 0 Å². The summed E-state index contributed by atoms with van der Waals surface area (Å²) in [6.45, 7) is 0.282. The molecule has 0 spiro atoms. The van der Waals surface area contributed by atoms with Crippen LogP contribution in [0.3, 0.4) is 0 Å². The molecule has 104 valence electrons. The molecule has 1 aromatic heterocycles. The standard InChI is InChI=1S/C15H8Cl2N2O2/c16-12-9-6-21-13(8(9)5-18-14(12)17)11-7-3-1-2-4-10(7)19-15(11)20/h1-5H,6H2,(H,19,20)/b13-11+. The predicted octanol–water partition coefficient (Wildman–Crippen LogP) is 3.74. The van der Waals surface area contributed by atoms with Gasteiger partial charge in [0.1, 0.15) is 17.5 Å². The van der Waals surface area contributed by atoms with Crippen LogP contribution in [0.4, 0.5) is 5.69 Å². The fourth-order valence-corrected chi connectivity index (χ4v) is 2.97. The molecule has 1 amide bonds. The molecule has 0 radical (unpaired) electrons. The number of carbonyl (C=O) groups is 1. The first-order valence-corrected chi connectivity index (χ1v) is 7.03. The Morgan fingerprint density at radius 2 is 2.00 bits per heavy atom. The summed E-state index contributed by atoms with van der Waals surface area (Å²) in [6, 6.07) is 7.47. The Kier molecular flexibility index (Phi) is 2.71. The van der Waals surface area contributed by atoms with Gasteiger partial charge in [0.25, 0.3) is 5.91 Å². The van der Waals surface area contributed by atoms with Crippen molar-refractivity contribution in [2.45, 2.75) is 6.61 Å². The number of rotatable bonds is 0. The highest BCUT2D eigenvalue weighted by Gasteiger charge is 2.33. The van der Waals surface area contributed by atoms with E-state index >= 15 is 0 Å². The van der Waals surface area contributed by atoms with Gasteiger partial charge >= 0.3 is 0 Å². The molecule has 0 saturated heterocycles. The molecule has 0 fully saturated rings.